The van der Waals surface area contributed by atoms with Gasteiger partial charge in [0, 0.05) is 12.4 Å². The first kappa shape index (κ1) is 15.7. The topological polar surface area (TPSA) is 73.1 Å². The summed E-state index contributed by atoms with van der Waals surface area (Å²) in [5.74, 6) is 1.41. The minimum Gasteiger partial charge on any atom is -0.495 e. The Morgan fingerprint density at radius 1 is 1.33 bits per heavy atom. The number of aromatic nitrogens is 2. The zero-order valence-corrected chi connectivity index (χ0v) is 13.9. The van der Waals surface area contributed by atoms with Gasteiger partial charge in [-0.2, -0.15) is 0 Å². The number of hydrogen-bond donors (Lipinski definition) is 2. The summed E-state index contributed by atoms with van der Waals surface area (Å²) >= 11 is 8.36. The number of ether oxygens (including phenoxy) is 1. The van der Waals surface area contributed by atoms with Gasteiger partial charge in [-0.3, -0.25) is 4.98 Å². The third-order valence-electron chi connectivity index (χ3n) is 2.91. The first-order valence-corrected chi connectivity index (χ1v) is 7.49. The van der Waals surface area contributed by atoms with Crippen LogP contribution in [0.4, 0.5) is 5.82 Å². The second-order valence-corrected chi connectivity index (χ2v) is 5.51. The molecule has 0 unspecified atom stereocenters. The maximum Gasteiger partial charge on any atom is 0.169 e. The van der Waals surface area contributed by atoms with Crippen molar-refractivity contribution >= 4 is 39.1 Å². The van der Waals surface area contributed by atoms with Gasteiger partial charge in [0.1, 0.15) is 11.6 Å². The molecule has 0 aromatic carbocycles. The van der Waals surface area contributed by atoms with Crippen LogP contribution in [-0.4, -0.2) is 22.2 Å². The highest BCUT2D eigenvalue weighted by Crippen LogP contribution is 2.26. The van der Waals surface area contributed by atoms with Gasteiger partial charge < -0.3 is 15.8 Å². The second-order valence-electron chi connectivity index (χ2n) is 4.27. The lowest BCUT2D eigenvalue weighted by molar-refractivity contribution is 0.406. The molecule has 0 radical (unpaired) electrons. The van der Waals surface area contributed by atoms with Gasteiger partial charge in [0.2, 0.25) is 0 Å². The number of hydrogen-bond acceptors (Lipinski definition) is 4. The molecule has 0 saturated carbocycles. The molecule has 7 heteroatoms. The molecular formula is C14H15BrN4OS. The Balaban J connectivity index is 2.15. The van der Waals surface area contributed by atoms with Crippen molar-refractivity contribution in [2.45, 2.75) is 12.8 Å². The van der Waals surface area contributed by atoms with Crippen molar-refractivity contribution in [3.05, 3.63) is 46.3 Å². The van der Waals surface area contributed by atoms with E-state index >= 15 is 0 Å². The van der Waals surface area contributed by atoms with E-state index in [0.29, 0.717) is 5.82 Å². The van der Waals surface area contributed by atoms with E-state index in [0.717, 1.165) is 34.3 Å². The van der Waals surface area contributed by atoms with Crippen molar-refractivity contribution in [3.63, 3.8) is 0 Å². The molecule has 0 saturated heterocycles. The third kappa shape index (κ3) is 4.12. The highest BCUT2D eigenvalue weighted by atomic mass is 79.9. The van der Waals surface area contributed by atoms with E-state index in [1.54, 1.807) is 19.5 Å². The summed E-state index contributed by atoms with van der Waals surface area (Å²) in [5.41, 5.74) is 7.50. The Hall–Kier alpha value is -1.73. The van der Waals surface area contributed by atoms with Gasteiger partial charge >= 0.3 is 0 Å². The van der Waals surface area contributed by atoms with E-state index in [4.69, 9.17) is 22.7 Å². The fourth-order valence-electron chi connectivity index (χ4n) is 1.93. The van der Waals surface area contributed by atoms with Crippen LogP contribution in [-0.2, 0) is 12.8 Å². The highest BCUT2D eigenvalue weighted by molar-refractivity contribution is 9.10. The number of pyridine rings is 2. The Labute approximate surface area is 137 Å². The molecule has 110 valence electrons. The zero-order valence-electron chi connectivity index (χ0n) is 11.5. The maximum atomic E-state index is 5.48. The standard InChI is InChI=1S/C14H15BrN4OS/c1-20-11-3-2-7-17-10(11)5-4-9-6-8-18-13(12(9)15)19-14(16)21/h2-3,6-8H,4-5H2,1H3,(H3,16,18,19,21). The number of aryl methyl sites for hydroxylation is 2. The number of rotatable bonds is 5. The van der Waals surface area contributed by atoms with Crippen LogP contribution in [0.5, 0.6) is 5.75 Å². The number of methoxy groups -OCH3 is 1. The number of nitrogens with zero attached hydrogens (tertiary/aromatic N) is 2. The first-order chi connectivity index (χ1) is 10.1. The van der Waals surface area contributed by atoms with Gasteiger partial charge in [0.15, 0.2) is 5.11 Å². The van der Waals surface area contributed by atoms with Crippen molar-refractivity contribution in [2.75, 3.05) is 12.4 Å². The van der Waals surface area contributed by atoms with E-state index < -0.39 is 0 Å². The number of nitrogens with two attached hydrogens (primary N) is 1. The van der Waals surface area contributed by atoms with Crippen LogP contribution >= 0.6 is 28.1 Å². The molecule has 2 heterocycles. The average Bonchev–Trinajstić information content (AvgIpc) is 2.48. The molecule has 3 N–H and O–H groups in total. The smallest absolute Gasteiger partial charge is 0.169 e. The van der Waals surface area contributed by atoms with Gasteiger partial charge in [-0.05, 0) is 64.8 Å². The molecule has 21 heavy (non-hydrogen) atoms. The van der Waals surface area contributed by atoms with Crippen LogP contribution < -0.4 is 15.8 Å². The highest BCUT2D eigenvalue weighted by Gasteiger charge is 2.10. The predicted octanol–water partition coefficient (Wildman–Crippen LogP) is 2.69. The Kier molecular flexibility index (Phi) is 5.46. The van der Waals surface area contributed by atoms with E-state index in [2.05, 4.69) is 31.2 Å². The predicted molar refractivity (Wildman–Crippen MR) is 90.5 cm³/mol. The van der Waals surface area contributed by atoms with Gasteiger partial charge in [-0.25, -0.2) is 4.98 Å². The Bertz CT molecular complexity index is 651. The maximum absolute atomic E-state index is 5.48. The summed E-state index contributed by atoms with van der Waals surface area (Å²) in [6.45, 7) is 0. The molecule has 5 nitrogen and oxygen atoms in total. The number of thiocarbonyl (C=S) groups is 1. The molecule has 0 aliphatic rings. The van der Waals surface area contributed by atoms with Crippen LogP contribution in [0.2, 0.25) is 0 Å². The van der Waals surface area contributed by atoms with Gasteiger partial charge in [-0.15, -0.1) is 0 Å². The van der Waals surface area contributed by atoms with E-state index in [9.17, 15) is 0 Å². The van der Waals surface area contributed by atoms with Crippen LogP contribution in [0.15, 0.2) is 35.1 Å². The molecular weight excluding hydrogens is 352 g/mol. The molecule has 0 aliphatic carbocycles. The molecule has 2 aromatic heterocycles. The molecule has 0 spiro atoms. The quantitative estimate of drug-likeness (QED) is 0.792. The van der Waals surface area contributed by atoms with E-state index in [1.807, 2.05) is 18.2 Å². The number of nitrogens with one attached hydrogen (secondary N) is 1. The zero-order chi connectivity index (χ0) is 15.2. The van der Waals surface area contributed by atoms with Crippen LogP contribution in [0.3, 0.4) is 0 Å². The van der Waals surface area contributed by atoms with Crippen molar-refractivity contribution in [1.29, 1.82) is 0 Å². The number of anilines is 1. The molecule has 0 aliphatic heterocycles. The van der Waals surface area contributed by atoms with Crippen LogP contribution in [0, 0.1) is 0 Å². The molecule has 0 fully saturated rings. The molecule has 2 aromatic rings. The van der Waals surface area contributed by atoms with E-state index in [-0.39, 0.29) is 5.11 Å². The lowest BCUT2D eigenvalue weighted by atomic mass is 10.1. The largest absolute Gasteiger partial charge is 0.495 e. The summed E-state index contributed by atoms with van der Waals surface area (Å²) in [4.78, 5) is 8.55. The Morgan fingerprint density at radius 3 is 2.86 bits per heavy atom. The monoisotopic (exact) mass is 366 g/mol. The fraction of sp³-hybridized carbons (Fsp3) is 0.214. The first-order valence-electron chi connectivity index (χ1n) is 6.29. The summed E-state index contributed by atoms with van der Waals surface area (Å²) in [7, 11) is 1.65. The molecule has 0 atom stereocenters. The average molecular weight is 367 g/mol. The normalized spacial score (nSPS) is 10.2. The minimum absolute atomic E-state index is 0.187. The van der Waals surface area contributed by atoms with Gasteiger partial charge in [0.25, 0.3) is 0 Å². The molecule has 2 rings (SSSR count). The summed E-state index contributed by atoms with van der Waals surface area (Å²) < 4.78 is 6.16. The van der Waals surface area contributed by atoms with Crippen molar-refractivity contribution < 1.29 is 4.74 Å². The summed E-state index contributed by atoms with van der Waals surface area (Å²) in [6, 6.07) is 5.71. The van der Waals surface area contributed by atoms with E-state index in [1.165, 1.54) is 0 Å². The number of halogens is 1. The third-order valence-corrected chi connectivity index (χ3v) is 3.90. The molecule has 0 bridgehead atoms. The SMILES string of the molecule is COc1cccnc1CCc1ccnc(NC(N)=S)c1Br. The van der Waals surface area contributed by atoms with Crippen LogP contribution in [0.1, 0.15) is 11.3 Å². The summed E-state index contributed by atoms with van der Waals surface area (Å²) in [6.07, 6.45) is 5.04. The van der Waals surface area contributed by atoms with Gasteiger partial charge in [0.05, 0.1) is 17.3 Å². The van der Waals surface area contributed by atoms with Crippen LogP contribution in [0.25, 0.3) is 0 Å². The minimum atomic E-state index is 0.187. The van der Waals surface area contributed by atoms with Crippen molar-refractivity contribution in [3.8, 4) is 5.75 Å². The summed E-state index contributed by atoms with van der Waals surface area (Å²) in [5, 5.41) is 3.03. The Morgan fingerprint density at radius 2 is 2.14 bits per heavy atom. The lowest BCUT2D eigenvalue weighted by Gasteiger charge is -2.11. The van der Waals surface area contributed by atoms with Gasteiger partial charge in [-0.1, -0.05) is 0 Å². The fourth-order valence-corrected chi connectivity index (χ4v) is 2.56. The molecule has 0 amide bonds. The second kappa shape index (κ2) is 7.33. The lowest BCUT2D eigenvalue weighted by Crippen LogP contribution is -2.20. The van der Waals surface area contributed by atoms with Crippen molar-refractivity contribution in [2.24, 2.45) is 5.73 Å². The van der Waals surface area contributed by atoms with Crippen molar-refractivity contribution in [1.82, 2.24) is 9.97 Å².